The van der Waals surface area contributed by atoms with Gasteiger partial charge in [-0.3, -0.25) is 0 Å². The third-order valence-electron chi connectivity index (χ3n) is 3.07. The highest BCUT2D eigenvalue weighted by Gasteiger charge is 1.97. The Morgan fingerprint density at radius 1 is 1.00 bits per heavy atom. The lowest BCUT2D eigenvalue weighted by Gasteiger charge is -2.07. The molecule has 0 amide bonds. The van der Waals surface area contributed by atoms with E-state index in [0.29, 0.717) is 0 Å². The zero-order valence-corrected chi connectivity index (χ0v) is 12.8. The largest absolute Gasteiger partial charge is 0.312 e. The van der Waals surface area contributed by atoms with Gasteiger partial charge in [-0.05, 0) is 71.3 Å². The fourth-order valence-corrected chi connectivity index (χ4v) is 2.31. The van der Waals surface area contributed by atoms with Gasteiger partial charge < -0.3 is 5.32 Å². The maximum absolute atomic E-state index is 3.49. The standard InChI is InChI=1S/C16H18IN/c1-13-4-2-3-5-15(13)10-11-18-12-14-6-8-16(17)9-7-14/h2-9,18H,10-12H2,1H3. The van der Waals surface area contributed by atoms with E-state index < -0.39 is 0 Å². The number of hydrogen-bond donors (Lipinski definition) is 1. The molecule has 94 valence electrons. The van der Waals surface area contributed by atoms with Crippen molar-refractivity contribution in [1.29, 1.82) is 0 Å². The van der Waals surface area contributed by atoms with E-state index in [1.165, 1.54) is 20.3 Å². The smallest absolute Gasteiger partial charge is 0.0205 e. The second kappa shape index (κ2) is 6.90. The highest BCUT2D eigenvalue weighted by molar-refractivity contribution is 14.1. The summed E-state index contributed by atoms with van der Waals surface area (Å²) in [6, 6.07) is 17.3. The highest BCUT2D eigenvalue weighted by atomic mass is 127. The van der Waals surface area contributed by atoms with Crippen molar-refractivity contribution in [2.45, 2.75) is 19.9 Å². The number of rotatable bonds is 5. The molecule has 0 bridgehead atoms. The van der Waals surface area contributed by atoms with E-state index in [0.717, 1.165) is 19.5 Å². The topological polar surface area (TPSA) is 12.0 Å². The van der Waals surface area contributed by atoms with E-state index in [2.05, 4.69) is 83.4 Å². The number of aryl methyl sites for hydroxylation is 1. The van der Waals surface area contributed by atoms with Gasteiger partial charge in [-0.15, -0.1) is 0 Å². The summed E-state index contributed by atoms with van der Waals surface area (Å²) >= 11 is 2.33. The van der Waals surface area contributed by atoms with E-state index in [-0.39, 0.29) is 0 Å². The molecule has 2 aromatic rings. The second-order valence-corrected chi connectivity index (χ2v) is 5.73. The van der Waals surface area contributed by atoms with E-state index in [1.54, 1.807) is 0 Å². The Hall–Kier alpha value is -0.870. The first-order valence-corrected chi connectivity index (χ1v) is 7.33. The highest BCUT2D eigenvalue weighted by Crippen LogP contribution is 2.08. The lowest BCUT2D eigenvalue weighted by atomic mass is 10.1. The van der Waals surface area contributed by atoms with Crippen molar-refractivity contribution in [3.05, 3.63) is 68.8 Å². The van der Waals surface area contributed by atoms with E-state index in [9.17, 15) is 0 Å². The van der Waals surface area contributed by atoms with Gasteiger partial charge in [-0.25, -0.2) is 0 Å². The summed E-state index contributed by atoms with van der Waals surface area (Å²) in [5.41, 5.74) is 4.17. The Morgan fingerprint density at radius 2 is 1.72 bits per heavy atom. The Bertz CT molecular complexity index is 491. The van der Waals surface area contributed by atoms with E-state index in [4.69, 9.17) is 0 Å². The molecule has 0 fully saturated rings. The number of halogens is 1. The molecular formula is C16H18IN. The van der Waals surface area contributed by atoms with Crippen molar-refractivity contribution in [1.82, 2.24) is 5.32 Å². The number of hydrogen-bond acceptors (Lipinski definition) is 1. The van der Waals surface area contributed by atoms with Crippen LogP contribution in [0.5, 0.6) is 0 Å². The van der Waals surface area contributed by atoms with Crippen LogP contribution in [0.3, 0.4) is 0 Å². The third-order valence-corrected chi connectivity index (χ3v) is 3.79. The molecule has 18 heavy (non-hydrogen) atoms. The first-order chi connectivity index (χ1) is 8.75. The Morgan fingerprint density at radius 3 is 2.44 bits per heavy atom. The van der Waals surface area contributed by atoms with E-state index in [1.807, 2.05) is 0 Å². The van der Waals surface area contributed by atoms with Gasteiger partial charge in [0.25, 0.3) is 0 Å². The molecule has 0 aliphatic heterocycles. The molecule has 0 saturated heterocycles. The molecule has 0 atom stereocenters. The molecule has 2 rings (SSSR count). The molecule has 0 spiro atoms. The van der Waals surface area contributed by atoms with Crippen LogP contribution in [0.15, 0.2) is 48.5 Å². The molecule has 1 nitrogen and oxygen atoms in total. The predicted octanol–water partition coefficient (Wildman–Crippen LogP) is 3.93. The van der Waals surface area contributed by atoms with Crippen LogP contribution in [-0.2, 0) is 13.0 Å². The lowest BCUT2D eigenvalue weighted by Crippen LogP contribution is -2.16. The van der Waals surface area contributed by atoms with Crippen LogP contribution < -0.4 is 5.32 Å². The maximum atomic E-state index is 3.49. The quantitative estimate of drug-likeness (QED) is 0.636. The summed E-state index contributed by atoms with van der Waals surface area (Å²) in [6.07, 6.45) is 1.09. The molecule has 0 unspecified atom stereocenters. The van der Waals surface area contributed by atoms with Gasteiger partial charge in [0.05, 0.1) is 0 Å². The van der Waals surface area contributed by atoms with Crippen LogP contribution in [0.4, 0.5) is 0 Å². The van der Waals surface area contributed by atoms with Crippen LogP contribution >= 0.6 is 22.6 Å². The Balaban J connectivity index is 1.76. The second-order valence-electron chi connectivity index (χ2n) is 4.48. The molecule has 0 radical (unpaired) electrons. The molecule has 0 heterocycles. The average molecular weight is 351 g/mol. The number of benzene rings is 2. The lowest BCUT2D eigenvalue weighted by molar-refractivity contribution is 0.685. The fraction of sp³-hybridized carbons (Fsp3) is 0.250. The van der Waals surface area contributed by atoms with Gasteiger partial charge in [0.2, 0.25) is 0 Å². The van der Waals surface area contributed by atoms with Crippen LogP contribution in [0.2, 0.25) is 0 Å². The molecular weight excluding hydrogens is 333 g/mol. The van der Waals surface area contributed by atoms with Crippen LogP contribution in [0.25, 0.3) is 0 Å². The van der Waals surface area contributed by atoms with E-state index >= 15 is 0 Å². The fourth-order valence-electron chi connectivity index (χ4n) is 1.95. The zero-order valence-electron chi connectivity index (χ0n) is 10.6. The van der Waals surface area contributed by atoms with Gasteiger partial charge in [0, 0.05) is 10.1 Å². The molecule has 0 aliphatic carbocycles. The summed E-state index contributed by atoms with van der Waals surface area (Å²) in [5, 5.41) is 3.49. The number of nitrogens with one attached hydrogen (secondary N) is 1. The monoisotopic (exact) mass is 351 g/mol. The average Bonchev–Trinajstić information content (AvgIpc) is 2.39. The SMILES string of the molecule is Cc1ccccc1CCNCc1ccc(I)cc1. The van der Waals surface area contributed by atoms with Gasteiger partial charge in [0.15, 0.2) is 0 Å². The third kappa shape index (κ3) is 4.10. The normalized spacial score (nSPS) is 10.6. The summed E-state index contributed by atoms with van der Waals surface area (Å²) in [7, 11) is 0. The van der Waals surface area contributed by atoms with Crippen molar-refractivity contribution in [3.63, 3.8) is 0 Å². The van der Waals surface area contributed by atoms with Gasteiger partial charge in [-0.1, -0.05) is 36.4 Å². The molecule has 1 N–H and O–H groups in total. The summed E-state index contributed by atoms with van der Waals surface area (Å²) in [4.78, 5) is 0. The predicted molar refractivity (Wildman–Crippen MR) is 85.7 cm³/mol. The molecule has 2 aromatic carbocycles. The molecule has 0 aliphatic rings. The minimum Gasteiger partial charge on any atom is -0.312 e. The Labute approximate surface area is 123 Å². The first kappa shape index (κ1) is 13.6. The van der Waals surface area contributed by atoms with Crippen LogP contribution in [-0.4, -0.2) is 6.54 Å². The van der Waals surface area contributed by atoms with Crippen molar-refractivity contribution >= 4 is 22.6 Å². The Kier molecular flexibility index (Phi) is 5.20. The minimum absolute atomic E-state index is 0.947. The van der Waals surface area contributed by atoms with Crippen molar-refractivity contribution in [2.75, 3.05) is 6.54 Å². The molecule has 2 heteroatoms. The first-order valence-electron chi connectivity index (χ1n) is 6.25. The van der Waals surface area contributed by atoms with Gasteiger partial charge >= 0.3 is 0 Å². The van der Waals surface area contributed by atoms with Gasteiger partial charge in [0.1, 0.15) is 0 Å². The van der Waals surface area contributed by atoms with Crippen LogP contribution in [0.1, 0.15) is 16.7 Å². The maximum Gasteiger partial charge on any atom is 0.0205 e. The minimum atomic E-state index is 0.947. The van der Waals surface area contributed by atoms with Crippen molar-refractivity contribution in [2.24, 2.45) is 0 Å². The summed E-state index contributed by atoms with van der Waals surface area (Å²) in [6.45, 7) is 4.15. The van der Waals surface area contributed by atoms with Gasteiger partial charge in [-0.2, -0.15) is 0 Å². The molecule has 0 saturated carbocycles. The van der Waals surface area contributed by atoms with Crippen molar-refractivity contribution in [3.8, 4) is 0 Å². The molecule has 0 aromatic heterocycles. The van der Waals surface area contributed by atoms with Crippen molar-refractivity contribution < 1.29 is 0 Å². The summed E-state index contributed by atoms with van der Waals surface area (Å²) < 4.78 is 1.29. The zero-order chi connectivity index (χ0) is 12.8. The summed E-state index contributed by atoms with van der Waals surface area (Å²) in [5.74, 6) is 0. The van der Waals surface area contributed by atoms with Crippen LogP contribution in [0, 0.1) is 10.5 Å².